The molecular formula is C27H27N5O2S. The minimum Gasteiger partial charge on any atom is -0.326 e. The fraction of sp³-hybridized carbons (Fsp3) is 0.259. The molecule has 0 amide bonds. The first-order valence-electron chi connectivity index (χ1n) is 11.9. The number of imidazole rings is 1. The van der Waals surface area contributed by atoms with Crippen LogP contribution in [0.3, 0.4) is 0 Å². The summed E-state index contributed by atoms with van der Waals surface area (Å²) in [7, 11) is -3.74. The van der Waals surface area contributed by atoms with Crippen molar-refractivity contribution in [2.24, 2.45) is 5.92 Å². The third-order valence-corrected chi connectivity index (χ3v) is 8.74. The van der Waals surface area contributed by atoms with Crippen LogP contribution in [0.25, 0.3) is 22.1 Å². The Morgan fingerprint density at radius 2 is 1.71 bits per heavy atom. The SMILES string of the molecule is C[C@@H]1CN(Cc2ccccc2)CC[C@@H]1n1cnc2cnc3c(ccn3S(=O)(=O)c3ccccc3)c21. The van der Waals surface area contributed by atoms with Gasteiger partial charge in [-0.15, -0.1) is 0 Å². The second kappa shape index (κ2) is 8.62. The Kier molecular flexibility index (Phi) is 5.42. The number of hydrogen-bond donors (Lipinski definition) is 0. The number of piperidine rings is 1. The summed E-state index contributed by atoms with van der Waals surface area (Å²) >= 11 is 0. The Labute approximate surface area is 204 Å². The summed E-state index contributed by atoms with van der Waals surface area (Å²) in [6.45, 7) is 5.24. The lowest BCUT2D eigenvalue weighted by atomic mass is 9.93. The molecule has 0 spiro atoms. The fourth-order valence-electron chi connectivity index (χ4n) is 5.36. The van der Waals surface area contributed by atoms with E-state index in [0.717, 1.165) is 42.5 Å². The Hall–Kier alpha value is -3.49. The summed E-state index contributed by atoms with van der Waals surface area (Å²) in [6, 6.07) is 21.2. The Bertz CT molecular complexity index is 1590. The molecule has 0 radical (unpaired) electrons. The van der Waals surface area contributed by atoms with Gasteiger partial charge in [0.15, 0.2) is 5.65 Å². The normalized spacial score (nSPS) is 19.5. The van der Waals surface area contributed by atoms with Gasteiger partial charge in [0.05, 0.1) is 22.9 Å². The van der Waals surface area contributed by atoms with Gasteiger partial charge >= 0.3 is 0 Å². The standard InChI is InChI=1S/C27H27N5O2S/c1-20-17-30(18-21-8-4-2-5-9-21)14-13-25(20)31-19-29-24-16-28-27-23(26(24)31)12-15-32(27)35(33,34)22-10-6-3-7-11-22/h2-12,15-16,19-20,25H,13-14,17-18H2,1H3/t20-,25+/m1/s1. The van der Waals surface area contributed by atoms with E-state index in [0.29, 0.717) is 11.6 Å². The lowest BCUT2D eigenvalue weighted by Crippen LogP contribution is -2.39. The molecule has 178 valence electrons. The van der Waals surface area contributed by atoms with Crippen LogP contribution in [0.5, 0.6) is 0 Å². The van der Waals surface area contributed by atoms with E-state index in [-0.39, 0.29) is 10.9 Å². The minimum atomic E-state index is -3.74. The van der Waals surface area contributed by atoms with Crippen LogP contribution in [0.4, 0.5) is 0 Å². The molecule has 35 heavy (non-hydrogen) atoms. The highest BCUT2D eigenvalue weighted by atomic mass is 32.2. The highest BCUT2D eigenvalue weighted by Gasteiger charge is 2.29. The smallest absolute Gasteiger partial charge is 0.269 e. The van der Waals surface area contributed by atoms with E-state index in [9.17, 15) is 8.42 Å². The zero-order valence-corrected chi connectivity index (χ0v) is 20.3. The van der Waals surface area contributed by atoms with Gasteiger partial charge in [0.25, 0.3) is 10.0 Å². The van der Waals surface area contributed by atoms with E-state index in [1.165, 1.54) is 9.54 Å². The number of likely N-dealkylation sites (tertiary alicyclic amines) is 1. The molecule has 4 heterocycles. The van der Waals surface area contributed by atoms with Crippen molar-refractivity contribution in [1.82, 2.24) is 23.4 Å². The van der Waals surface area contributed by atoms with Gasteiger partial charge in [0.1, 0.15) is 5.52 Å². The third kappa shape index (κ3) is 3.83. The number of hydrogen-bond acceptors (Lipinski definition) is 5. The van der Waals surface area contributed by atoms with Gasteiger partial charge in [-0.1, -0.05) is 55.5 Å². The van der Waals surface area contributed by atoms with Gasteiger partial charge in [-0.05, 0) is 36.1 Å². The molecular weight excluding hydrogens is 458 g/mol. The van der Waals surface area contributed by atoms with Crippen molar-refractivity contribution >= 4 is 32.1 Å². The molecule has 2 atom stereocenters. The quantitative estimate of drug-likeness (QED) is 0.361. The van der Waals surface area contributed by atoms with Crippen LogP contribution in [0.1, 0.15) is 24.9 Å². The molecule has 7 nitrogen and oxygen atoms in total. The van der Waals surface area contributed by atoms with Crippen LogP contribution in [0.2, 0.25) is 0 Å². The molecule has 8 heteroatoms. The van der Waals surface area contributed by atoms with Crippen molar-refractivity contribution in [3.05, 3.63) is 91.0 Å². The lowest BCUT2D eigenvalue weighted by molar-refractivity contribution is 0.129. The maximum Gasteiger partial charge on any atom is 0.269 e. The van der Waals surface area contributed by atoms with E-state index in [2.05, 4.69) is 56.7 Å². The summed E-state index contributed by atoms with van der Waals surface area (Å²) in [6.07, 6.45) is 6.18. The van der Waals surface area contributed by atoms with Crippen molar-refractivity contribution < 1.29 is 8.42 Å². The van der Waals surface area contributed by atoms with Crippen LogP contribution in [-0.2, 0) is 16.6 Å². The summed E-state index contributed by atoms with van der Waals surface area (Å²) < 4.78 is 30.1. The van der Waals surface area contributed by atoms with Crippen molar-refractivity contribution in [3.8, 4) is 0 Å². The molecule has 1 fully saturated rings. The van der Waals surface area contributed by atoms with Crippen molar-refractivity contribution in [1.29, 1.82) is 0 Å². The molecule has 1 aliphatic heterocycles. The number of fused-ring (bicyclic) bond motifs is 3. The predicted molar refractivity (Wildman–Crippen MR) is 137 cm³/mol. The summed E-state index contributed by atoms with van der Waals surface area (Å²) in [5, 5.41) is 0.804. The highest BCUT2D eigenvalue weighted by molar-refractivity contribution is 7.90. The number of rotatable bonds is 5. The second-order valence-corrected chi connectivity index (χ2v) is 11.2. The zero-order valence-electron chi connectivity index (χ0n) is 19.5. The molecule has 0 N–H and O–H groups in total. The first-order chi connectivity index (χ1) is 17.0. The summed E-state index contributed by atoms with van der Waals surface area (Å²) in [5.41, 5.74) is 3.49. The fourth-order valence-corrected chi connectivity index (χ4v) is 6.68. The molecule has 0 unspecified atom stereocenters. The molecule has 5 aromatic rings. The first-order valence-corrected chi connectivity index (χ1v) is 13.4. The highest BCUT2D eigenvalue weighted by Crippen LogP contribution is 2.34. The molecule has 2 aromatic carbocycles. The maximum absolute atomic E-state index is 13.3. The summed E-state index contributed by atoms with van der Waals surface area (Å²) in [4.78, 5) is 11.9. The van der Waals surface area contributed by atoms with Crippen LogP contribution in [-0.4, -0.2) is 44.9 Å². The third-order valence-electron chi connectivity index (χ3n) is 7.06. The van der Waals surface area contributed by atoms with E-state index in [1.54, 1.807) is 42.7 Å². The van der Waals surface area contributed by atoms with E-state index >= 15 is 0 Å². The van der Waals surface area contributed by atoms with E-state index in [4.69, 9.17) is 0 Å². The zero-order chi connectivity index (χ0) is 24.0. The topological polar surface area (TPSA) is 73.0 Å². The number of nitrogens with zero attached hydrogens (tertiary/aromatic N) is 5. The van der Waals surface area contributed by atoms with Crippen LogP contribution >= 0.6 is 0 Å². The summed E-state index contributed by atoms with van der Waals surface area (Å²) in [5.74, 6) is 0.420. The van der Waals surface area contributed by atoms with Gasteiger partial charge in [-0.25, -0.2) is 22.4 Å². The second-order valence-electron chi connectivity index (χ2n) is 9.36. The monoisotopic (exact) mass is 485 g/mol. The maximum atomic E-state index is 13.3. The van der Waals surface area contributed by atoms with E-state index in [1.807, 2.05) is 12.4 Å². The number of aromatic nitrogens is 4. The molecule has 3 aromatic heterocycles. The van der Waals surface area contributed by atoms with Crippen molar-refractivity contribution in [2.75, 3.05) is 13.1 Å². The molecule has 1 saturated heterocycles. The molecule has 6 rings (SSSR count). The minimum absolute atomic E-state index is 0.243. The van der Waals surface area contributed by atoms with Crippen molar-refractivity contribution in [2.45, 2.75) is 30.8 Å². The van der Waals surface area contributed by atoms with Crippen LogP contribution in [0, 0.1) is 5.92 Å². The van der Waals surface area contributed by atoms with Gasteiger partial charge in [-0.2, -0.15) is 0 Å². The molecule has 1 aliphatic rings. The Morgan fingerprint density at radius 3 is 2.46 bits per heavy atom. The Morgan fingerprint density at radius 1 is 0.971 bits per heavy atom. The van der Waals surface area contributed by atoms with Crippen LogP contribution in [0.15, 0.2) is 90.3 Å². The first kappa shape index (κ1) is 22.0. The largest absolute Gasteiger partial charge is 0.326 e. The van der Waals surface area contributed by atoms with Crippen molar-refractivity contribution in [3.63, 3.8) is 0 Å². The van der Waals surface area contributed by atoms with Gasteiger partial charge in [-0.3, -0.25) is 4.90 Å². The lowest BCUT2D eigenvalue weighted by Gasteiger charge is -2.37. The predicted octanol–water partition coefficient (Wildman–Crippen LogP) is 4.71. The average molecular weight is 486 g/mol. The van der Waals surface area contributed by atoms with E-state index < -0.39 is 10.0 Å². The molecule has 0 bridgehead atoms. The van der Waals surface area contributed by atoms with Gasteiger partial charge in [0.2, 0.25) is 0 Å². The molecule has 0 aliphatic carbocycles. The van der Waals surface area contributed by atoms with Gasteiger partial charge in [0, 0.05) is 37.3 Å². The average Bonchev–Trinajstić information content (AvgIpc) is 3.50. The van der Waals surface area contributed by atoms with Crippen LogP contribution < -0.4 is 0 Å². The number of pyridine rings is 1. The van der Waals surface area contributed by atoms with Gasteiger partial charge < -0.3 is 4.57 Å². The molecule has 0 saturated carbocycles. The number of benzene rings is 2. The Balaban J connectivity index is 1.35.